The molecule has 2 unspecified atom stereocenters. The van der Waals surface area contributed by atoms with Gasteiger partial charge in [0.25, 0.3) is 5.91 Å². The highest BCUT2D eigenvalue weighted by molar-refractivity contribution is 6.20. The topological polar surface area (TPSA) is 40.5 Å². The zero-order chi connectivity index (χ0) is 12.7. The molecule has 1 N–H and O–H groups in total. The van der Waals surface area contributed by atoms with Crippen LogP contribution in [0.2, 0.25) is 0 Å². The summed E-state index contributed by atoms with van der Waals surface area (Å²) in [6.45, 7) is 0. The predicted octanol–water partition coefficient (Wildman–Crippen LogP) is 2.77. The number of amides is 1. The summed E-state index contributed by atoms with van der Waals surface area (Å²) in [5.41, 5.74) is 0.651. The minimum absolute atomic E-state index is 0.0751. The molecule has 0 spiro atoms. The Kier molecular flexibility index (Phi) is 2.94. The van der Waals surface area contributed by atoms with Gasteiger partial charge >= 0.3 is 0 Å². The first kappa shape index (κ1) is 11.8. The molecule has 96 valence electrons. The molecule has 1 amide bonds. The minimum atomic E-state index is 0.0751. The van der Waals surface area contributed by atoms with Crippen LogP contribution in [0.25, 0.3) is 0 Å². The van der Waals surface area contributed by atoms with E-state index in [0.29, 0.717) is 17.6 Å². The van der Waals surface area contributed by atoms with Crippen molar-refractivity contribution in [2.24, 2.45) is 0 Å². The highest BCUT2D eigenvalue weighted by atomic mass is 35.5. The average Bonchev–Trinajstić information content (AvgIpc) is 2.62. The van der Waals surface area contributed by atoms with Crippen molar-refractivity contribution < 1.29 is 9.90 Å². The van der Waals surface area contributed by atoms with Crippen LogP contribution >= 0.6 is 11.6 Å². The first-order valence-electron chi connectivity index (χ1n) is 6.41. The molecule has 3 nitrogen and oxygen atoms in total. The summed E-state index contributed by atoms with van der Waals surface area (Å²) in [5, 5.41) is 9.47. The van der Waals surface area contributed by atoms with E-state index in [1.165, 1.54) is 0 Å². The van der Waals surface area contributed by atoms with E-state index in [2.05, 4.69) is 0 Å². The minimum Gasteiger partial charge on any atom is -0.508 e. The van der Waals surface area contributed by atoms with Gasteiger partial charge in [0, 0.05) is 23.0 Å². The number of halogens is 1. The Morgan fingerprint density at radius 1 is 1.17 bits per heavy atom. The fourth-order valence-corrected chi connectivity index (χ4v) is 3.61. The lowest BCUT2D eigenvalue weighted by molar-refractivity contribution is 0.0599. The molecule has 0 radical (unpaired) electrons. The Balaban J connectivity index is 1.83. The Bertz CT molecular complexity index is 445. The van der Waals surface area contributed by atoms with Crippen LogP contribution < -0.4 is 0 Å². The molecule has 2 atom stereocenters. The molecule has 2 heterocycles. The van der Waals surface area contributed by atoms with Gasteiger partial charge in [-0.2, -0.15) is 0 Å². The smallest absolute Gasteiger partial charge is 0.254 e. The number of benzene rings is 1. The van der Waals surface area contributed by atoms with E-state index < -0.39 is 0 Å². The number of rotatable bonds is 1. The third kappa shape index (κ3) is 1.97. The Labute approximate surface area is 111 Å². The van der Waals surface area contributed by atoms with E-state index in [4.69, 9.17) is 11.6 Å². The van der Waals surface area contributed by atoms with Crippen molar-refractivity contribution in [2.75, 3.05) is 0 Å². The van der Waals surface area contributed by atoms with Gasteiger partial charge in [-0.3, -0.25) is 4.79 Å². The molecular weight excluding hydrogens is 250 g/mol. The van der Waals surface area contributed by atoms with E-state index in [-0.39, 0.29) is 17.0 Å². The molecule has 1 aromatic rings. The fraction of sp³-hybridized carbons (Fsp3) is 0.500. The Hall–Kier alpha value is -1.22. The second-order valence-electron chi connectivity index (χ2n) is 5.21. The molecule has 2 saturated heterocycles. The van der Waals surface area contributed by atoms with Gasteiger partial charge in [0.05, 0.1) is 0 Å². The van der Waals surface area contributed by atoms with Crippen molar-refractivity contribution in [3.05, 3.63) is 29.8 Å². The second-order valence-corrected chi connectivity index (χ2v) is 5.83. The molecule has 0 aromatic heterocycles. The van der Waals surface area contributed by atoms with Crippen LogP contribution in [0.1, 0.15) is 36.0 Å². The number of carbonyl (C=O) groups excluding carboxylic acids is 1. The van der Waals surface area contributed by atoms with Crippen LogP contribution in [0.5, 0.6) is 5.75 Å². The average molecular weight is 266 g/mol. The van der Waals surface area contributed by atoms with Crippen LogP contribution in [-0.4, -0.2) is 33.4 Å². The largest absolute Gasteiger partial charge is 0.508 e. The van der Waals surface area contributed by atoms with Gasteiger partial charge in [-0.15, -0.1) is 11.6 Å². The number of aromatic hydroxyl groups is 1. The number of phenolic OH excluding ortho intramolecular Hbond substituents is 1. The summed E-state index contributed by atoms with van der Waals surface area (Å²) in [6, 6.07) is 7.08. The number of fused-ring (bicyclic) bond motifs is 2. The predicted molar refractivity (Wildman–Crippen MR) is 70.0 cm³/mol. The lowest BCUT2D eigenvalue weighted by Gasteiger charge is -2.37. The molecule has 2 fully saturated rings. The van der Waals surface area contributed by atoms with E-state index in [1.54, 1.807) is 24.3 Å². The van der Waals surface area contributed by atoms with Crippen molar-refractivity contribution in [3.8, 4) is 5.75 Å². The summed E-state index contributed by atoms with van der Waals surface area (Å²) >= 11 is 6.21. The Morgan fingerprint density at radius 2 is 1.72 bits per heavy atom. The van der Waals surface area contributed by atoms with Crippen molar-refractivity contribution in [3.63, 3.8) is 0 Å². The molecule has 2 aliphatic heterocycles. The number of hydrogen-bond donors (Lipinski definition) is 1. The fourth-order valence-electron chi connectivity index (χ4n) is 3.20. The van der Waals surface area contributed by atoms with E-state index >= 15 is 0 Å². The van der Waals surface area contributed by atoms with Crippen molar-refractivity contribution in [1.29, 1.82) is 0 Å². The first-order chi connectivity index (χ1) is 8.65. The summed E-state index contributed by atoms with van der Waals surface area (Å²) in [4.78, 5) is 14.5. The molecule has 2 aliphatic rings. The number of nitrogens with zero attached hydrogens (tertiary/aromatic N) is 1. The van der Waals surface area contributed by atoms with Gasteiger partial charge in [-0.25, -0.2) is 0 Å². The highest BCUT2D eigenvalue weighted by Crippen LogP contribution is 2.38. The van der Waals surface area contributed by atoms with Crippen LogP contribution in [0.15, 0.2) is 24.3 Å². The maximum atomic E-state index is 12.5. The number of hydrogen-bond acceptors (Lipinski definition) is 2. The molecular formula is C14H16ClNO2. The third-order valence-electron chi connectivity index (χ3n) is 4.02. The van der Waals surface area contributed by atoms with Crippen LogP contribution in [0, 0.1) is 0 Å². The maximum Gasteiger partial charge on any atom is 0.254 e. The van der Waals surface area contributed by atoms with Crippen molar-refractivity contribution >= 4 is 17.5 Å². The second kappa shape index (κ2) is 4.47. The van der Waals surface area contributed by atoms with E-state index in [0.717, 1.165) is 25.7 Å². The monoisotopic (exact) mass is 265 g/mol. The number of alkyl halides is 1. The lowest BCUT2D eigenvalue weighted by atomic mass is 10.0. The van der Waals surface area contributed by atoms with Crippen molar-refractivity contribution in [1.82, 2.24) is 4.90 Å². The van der Waals surface area contributed by atoms with Gasteiger partial charge in [0.1, 0.15) is 5.75 Å². The molecule has 18 heavy (non-hydrogen) atoms. The summed E-state index contributed by atoms with van der Waals surface area (Å²) in [7, 11) is 0. The molecule has 1 aromatic carbocycles. The third-order valence-corrected chi connectivity index (χ3v) is 4.38. The van der Waals surface area contributed by atoms with Gasteiger partial charge in [-0.1, -0.05) is 0 Å². The number of phenols is 1. The Morgan fingerprint density at radius 3 is 2.28 bits per heavy atom. The maximum absolute atomic E-state index is 12.5. The van der Waals surface area contributed by atoms with Crippen molar-refractivity contribution in [2.45, 2.75) is 43.1 Å². The van der Waals surface area contributed by atoms with Crippen LogP contribution in [0.4, 0.5) is 0 Å². The lowest BCUT2D eigenvalue weighted by Crippen LogP contribution is -2.46. The van der Waals surface area contributed by atoms with Gasteiger partial charge < -0.3 is 10.0 Å². The van der Waals surface area contributed by atoms with Crippen LogP contribution in [-0.2, 0) is 0 Å². The summed E-state index contributed by atoms with van der Waals surface area (Å²) < 4.78 is 0. The zero-order valence-electron chi connectivity index (χ0n) is 10.1. The molecule has 2 bridgehead atoms. The molecule has 0 saturated carbocycles. The van der Waals surface area contributed by atoms with Gasteiger partial charge in [0.15, 0.2) is 0 Å². The zero-order valence-corrected chi connectivity index (χ0v) is 10.8. The molecule has 3 rings (SSSR count). The SMILES string of the molecule is O=C(c1ccc(O)cc1)N1C2CCC1CC(Cl)C2. The number of carbonyl (C=O) groups is 1. The number of piperidine rings is 1. The standard InChI is InChI=1S/C14H16ClNO2/c15-10-7-11-3-4-12(8-10)16(11)14(18)9-1-5-13(17)6-2-9/h1-2,5-6,10-12,17H,3-4,7-8H2. The van der Waals surface area contributed by atoms with E-state index in [9.17, 15) is 9.90 Å². The van der Waals surface area contributed by atoms with Crippen LogP contribution in [0.3, 0.4) is 0 Å². The summed E-state index contributed by atoms with van der Waals surface area (Å²) in [6.07, 6.45) is 3.94. The quantitative estimate of drug-likeness (QED) is 0.793. The normalized spacial score (nSPS) is 30.5. The highest BCUT2D eigenvalue weighted by Gasteiger charge is 2.42. The summed E-state index contributed by atoms with van der Waals surface area (Å²) in [5.74, 6) is 0.264. The molecule has 0 aliphatic carbocycles. The van der Waals surface area contributed by atoms with E-state index in [1.807, 2.05) is 4.90 Å². The first-order valence-corrected chi connectivity index (χ1v) is 6.84. The molecule has 4 heteroatoms. The van der Waals surface area contributed by atoms with Gasteiger partial charge in [0.2, 0.25) is 0 Å². The van der Waals surface area contributed by atoms with Gasteiger partial charge in [-0.05, 0) is 49.9 Å².